The van der Waals surface area contributed by atoms with Crippen LogP contribution in [-0.2, 0) is 57.0 Å². The number of aliphatic hydroxyl groups excluding tert-OH is 4. The van der Waals surface area contributed by atoms with Crippen molar-refractivity contribution in [3.8, 4) is 0 Å². The van der Waals surface area contributed by atoms with Gasteiger partial charge in [-0.2, -0.15) is 0 Å². The first-order valence-corrected chi connectivity index (χ1v) is 26.7. The number of methoxy groups -OCH3 is 1. The van der Waals surface area contributed by atoms with Crippen molar-refractivity contribution >= 4 is 17.8 Å². The van der Waals surface area contributed by atoms with Crippen LogP contribution in [0.25, 0.3) is 6.08 Å². The Labute approximate surface area is 428 Å². The Morgan fingerprint density at radius 1 is 0.699 bits per heavy atom. The van der Waals surface area contributed by atoms with E-state index >= 15 is 0 Å². The molecule has 0 aromatic heterocycles. The first-order chi connectivity index (χ1) is 34.6. The third kappa shape index (κ3) is 10.3. The molecule has 0 amide bonds. The summed E-state index contributed by atoms with van der Waals surface area (Å²) in [7, 11) is 1.52. The molecule has 18 nitrogen and oxygen atoms in total. The van der Waals surface area contributed by atoms with Gasteiger partial charge in [0.2, 0.25) is 0 Å². The zero-order valence-electron chi connectivity index (χ0n) is 43.5. The molecular formula is C55H80O18. The van der Waals surface area contributed by atoms with Crippen LogP contribution in [0.15, 0.2) is 48.1 Å². The lowest BCUT2D eigenvalue weighted by atomic mass is 9.43. The number of carbonyl (C=O) groups excluding carboxylic acids is 2. The Morgan fingerprint density at radius 3 is 1.77 bits per heavy atom. The van der Waals surface area contributed by atoms with Gasteiger partial charge in [0.05, 0.1) is 54.9 Å². The van der Waals surface area contributed by atoms with Gasteiger partial charge in [-0.1, -0.05) is 55.8 Å². The molecule has 0 bridgehead atoms. The Balaban J connectivity index is 0.779. The molecule has 408 valence electrons. The summed E-state index contributed by atoms with van der Waals surface area (Å²) in [5.74, 6) is -1.78. The SMILES string of the molecule is CO[C@@H]1C[C@H](O[C@H]2[C@@H](O)C[C@H](O[C@H]3[C@@H](O)C[C@H](O[C@H]4[C@@H](O)C[C@H](O[C@H]5CC[C@@]6(C)C(=CC[C@]7(O)[C@@H]6C[C@@H](OC(=O)/C=C\c6ccccc6)[C@]6(C)[C@H](C(C)=O)CC[C@@]67O)C5)O[C@@H]4C)O[C@@H]3C)O[C@@H]2C)O[C@H](C)[C@H]1O. The minimum atomic E-state index is -1.71. The molecular weight excluding hydrogens is 949 g/mol. The van der Waals surface area contributed by atoms with Gasteiger partial charge in [-0.25, -0.2) is 4.79 Å². The average Bonchev–Trinajstić information content (AvgIpc) is 3.64. The first kappa shape index (κ1) is 55.0. The second kappa shape index (κ2) is 21.6. The minimum Gasteiger partial charge on any atom is -0.458 e. The van der Waals surface area contributed by atoms with E-state index < -0.39 is 144 Å². The molecule has 0 unspecified atom stereocenters. The van der Waals surface area contributed by atoms with E-state index in [2.05, 4.69) is 6.92 Å². The largest absolute Gasteiger partial charge is 0.458 e. The molecule has 1 aromatic rings. The Morgan fingerprint density at radius 2 is 1.23 bits per heavy atom. The molecule has 4 aliphatic heterocycles. The molecule has 18 heteroatoms. The lowest BCUT2D eigenvalue weighted by molar-refractivity contribution is -0.344. The van der Waals surface area contributed by atoms with Crippen molar-refractivity contribution in [2.24, 2.45) is 22.7 Å². The highest BCUT2D eigenvalue weighted by Gasteiger charge is 2.77. The van der Waals surface area contributed by atoms with Crippen LogP contribution in [-0.4, -0.2) is 171 Å². The number of carbonyl (C=O) groups is 2. The number of Topliss-reactive ketones (excluding diaryl/α,β-unsaturated/α-hetero) is 1. The highest BCUT2D eigenvalue weighted by Crippen LogP contribution is 2.70. The predicted molar refractivity (Wildman–Crippen MR) is 260 cm³/mol. The number of hydrogen-bond donors (Lipinski definition) is 6. The van der Waals surface area contributed by atoms with Crippen LogP contribution in [0.2, 0.25) is 0 Å². The molecule has 24 atom stereocenters. The lowest BCUT2D eigenvalue weighted by Gasteiger charge is -2.66. The predicted octanol–water partition coefficient (Wildman–Crippen LogP) is 4.16. The quantitative estimate of drug-likeness (QED) is 0.0923. The summed E-state index contributed by atoms with van der Waals surface area (Å²) in [6, 6.07) is 9.40. The molecule has 6 N–H and O–H groups in total. The number of ether oxygens (including phenoxy) is 10. The maximum atomic E-state index is 13.5. The fourth-order valence-corrected chi connectivity index (χ4v) is 14.4. The second-order valence-electron chi connectivity index (χ2n) is 22.9. The van der Waals surface area contributed by atoms with Crippen LogP contribution < -0.4 is 0 Å². The van der Waals surface area contributed by atoms with E-state index in [1.165, 1.54) is 20.1 Å². The molecule has 1 aromatic carbocycles. The van der Waals surface area contributed by atoms with Crippen molar-refractivity contribution in [2.45, 2.75) is 241 Å². The van der Waals surface area contributed by atoms with Gasteiger partial charge in [-0.15, -0.1) is 0 Å². The number of fused-ring (bicyclic) bond motifs is 5. The van der Waals surface area contributed by atoms with E-state index in [4.69, 9.17) is 47.4 Å². The number of esters is 1. The molecule has 4 heterocycles. The summed E-state index contributed by atoms with van der Waals surface area (Å²) < 4.78 is 61.4. The van der Waals surface area contributed by atoms with Crippen molar-refractivity contribution in [1.82, 2.24) is 0 Å². The number of benzene rings is 1. The first-order valence-electron chi connectivity index (χ1n) is 26.7. The van der Waals surface area contributed by atoms with Crippen molar-refractivity contribution in [3.05, 3.63) is 53.6 Å². The zero-order chi connectivity index (χ0) is 52.4. The van der Waals surface area contributed by atoms with E-state index in [0.29, 0.717) is 25.7 Å². The summed E-state index contributed by atoms with van der Waals surface area (Å²) in [6.45, 7) is 12.5. The third-order valence-corrected chi connectivity index (χ3v) is 18.5. The number of ketones is 1. The van der Waals surface area contributed by atoms with Gasteiger partial charge in [0, 0.05) is 56.1 Å². The van der Waals surface area contributed by atoms with Crippen molar-refractivity contribution in [2.75, 3.05) is 7.11 Å². The molecule has 3 saturated carbocycles. The summed E-state index contributed by atoms with van der Waals surface area (Å²) in [4.78, 5) is 26.8. The van der Waals surface area contributed by atoms with Gasteiger partial charge < -0.3 is 78.0 Å². The van der Waals surface area contributed by atoms with Crippen LogP contribution in [0.4, 0.5) is 0 Å². The van der Waals surface area contributed by atoms with Gasteiger partial charge in [0.1, 0.15) is 47.5 Å². The van der Waals surface area contributed by atoms with Gasteiger partial charge in [-0.3, -0.25) is 4.79 Å². The molecule has 73 heavy (non-hydrogen) atoms. The number of rotatable bonds is 13. The molecule has 0 spiro atoms. The highest BCUT2D eigenvalue weighted by atomic mass is 16.8. The topological polar surface area (TPSA) is 248 Å². The summed E-state index contributed by atoms with van der Waals surface area (Å²) in [6.07, 6.45) is -4.92. The monoisotopic (exact) mass is 1030 g/mol. The van der Waals surface area contributed by atoms with E-state index in [0.717, 1.165) is 11.1 Å². The van der Waals surface area contributed by atoms with Crippen molar-refractivity contribution in [3.63, 3.8) is 0 Å². The summed E-state index contributed by atoms with van der Waals surface area (Å²) in [5, 5.41) is 70.1. The molecule has 7 fully saturated rings. The van der Waals surface area contributed by atoms with Gasteiger partial charge in [0.15, 0.2) is 25.2 Å². The van der Waals surface area contributed by atoms with E-state index in [-0.39, 0.29) is 56.8 Å². The van der Waals surface area contributed by atoms with Crippen LogP contribution >= 0.6 is 0 Å². The van der Waals surface area contributed by atoms with Gasteiger partial charge in [0.25, 0.3) is 0 Å². The molecule has 4 aliphatic carbocycles. The highest BCUT2D eigenvalue weighted by molar-refractivity contribution is 5.87. The normalized spacial score (nSPS) is 49.0. The molecule has 9 rings (SSSR count). The molecule has 0 radical (unpaired) electrons. The fraction of sp³-hybridized carbons (Fsp3) is 0.782. The van der Waals surface area contributed by atoms with E-state index in [1.807, 2.05) is 43.3 Å². The fourth-order valence-electron chi connectivity index (χ4n) is 14.4. The summed E-state index contributed by atoms with van der Waals surface area (Å²) >= 11 is 0. The maximum Gasteiger partial charge on any atom is 0.331 e. The Hall–Kier alpha value is -2.76. The summed E-state index contributed by atoms with van der Waals surface area (Å²) in [5.41, 5.74) is -3.18. The maximum absolute atomic E-state index is 13.5. The van der Waals surface area contributed by atoms with Crippen molar-refractivity contribution in [1.29, 1.82) is 0 Å². The van der Waals surface area contributed by atoms with Crippen LogP contribution in [0.1, 0.15) is 125 Å². The third-order valence-electron chi connectivity index (χ3n) is 18.5. The zero-order valence-corrected chi connectivity index (χ0v) is 43.5. The molecule has 4 saturated heterocycles. The molecule has 8 aliphatic rings. The van der Waals surface area contributed by atoms with Crippen LogP contribution in [0.5, 0.6) is 0 Å². The van der Waals surface area contributed by atoms with E-state index in [9.17, 15) is 40.2 Å². The van der Waals surface area contributed by atoms with Crippen LogP contribution in [0, 0.1) is 22.7 Å². The van der Waals surface area contributed by atoms with Gasteiger partial charge >= 0.3 is 5.97 Å². The standard InChI is InChI=1S/C55H80O18/c1-28(56)36-18-21-55(63)53(36,7)42(70-43(60)15-14-33-12-10-9-11-13-33)27-41-52(6)19-17-35(22-34(52)16-20-54(41,55)62)69-44-23-37(57)49(30(3)66-44)71-45-24-38(58)50(31(4)67-45)72-46-25-39(59)51(32(5)68-46)73-47-26-40(64-8)48(61)29(2)65-47/h9-16,29-32,35-42,44-51,57-59,61-63H,17-27H2,1-8H3/b15-14-/t29-,30-,31-,32-,35+,36+,37+,38+,39+,40-,41-,42-,44+,45+,46+,47+,48-,49-,50-,51-,52+,53+,54+,55-/m1/s1. The Bertz CT molecular complexity index is 2120. The van der Waals surface area contributed by atoms with E-state index in [1.54, 1.807) is 33.8 Å². The number of aliphatic hydroxyl groups is 6. The van der Waals surface area contributed by atoms with Crippen molar-refractivity contribution < 1.29 is 87.6 Å². The minimum absolute atomic E-state index is 0.0413. The van der Waals surface area contributed by atoms with Gasteiger partial charge in [-0.05, 0) is 96.6 Å². The van der Waals surface area contributed by atoms with Crippen LogP contribution in [0.3, 0.4) is 0 Å². The lowest BCUT2D eigenvalue weighted by Crippen LogP contribution is -2.75. The Kier molecular flexibility index (Phi) is 16.3. The number of hydrogen-bond acceptors (Lipinski definition) is 18. The second-order valence-corrected chi connectivity index (χ2v) is 22.9. The average molecular weight is 1030 g/mol. The smallest absolute Gasteiger partial charge is 0.331 e.